The monoisotopic (exact) mass is 428 g/mol. The summed E-state index contributed by atoms with van der Waals surface area (Å²) in [6.07, 6.45) is 5.52. The van der Waals surface area contributed by atoms with Gasteiger partial charge < -0.3 is 4.57 Å². The number of imidazole rings is 1. The number of nitrogens with one attached hydrogen (secondary N) is 1. The minimum absolute atomic E-state index is 0.274. The first-order valence-electron chi connectivity index (χ1n) is 9.90. The molecule has 154 valence electrons. The summed E-state index contributed by atoms with van der Waals surface area (Å²) in [4.78, 5) is 8.95. The predicted molar refractivity (Wildman–Crippen MR) is 120 cm³/mol. The molecule has 0 saturated heterocycles. The number of fused-ring (bicyclic) bond motifs is 1. The van der Waals surface area contributed by atoms with Gasteiger partial charge in [-0.05, 0) is 34.4 Å². The second-order valence-electron chi connectivity index (χ2n) is 7.36. The Kier molecular flexibility index (Phi) is 4.88. The van der Waals surface area contributed by atoms with Crippen molar-refractivity contribution < 1.29 is 8.42 Å². The third kappa shape index (κ3) is 3.87. The molecule has 0 saturated carbocycles. The standard InChI is InChI=1S/C24H20N4O2S/c29-31(30)23-8-4-3-7-22(23)24(27-31)26-15-20-5-1-2-6-21(20)19-11-9-18(10-12-19)16-28-14-13-25-17-28/h1-14,17H,15-16H2,(H,26,27). The molecule has 0 bridgehead atoms. The van der Waals surface area contributed by atoms with Crippen molar-refractivity contribution in [1.29, 1.82) is 0 Å². The number of hydrogen-bond donors (Lipinski definition) is 1. The fourth-order valence-corrected chi connectivity index (χ4v) is 4.99. The topological polar surface area (TPSA) is 76.3 Å². The number of amidine groups is 1. The quantitative estimate of drug-likeness (QED) is 0.525. The van der Waals surface area contributed by atoms with Gasteiger partial charge in [-0.3, -0.25) is 9.71 Å². The van der Waals surface area contributed by atoms with Crippen molar-refractivity contribution in [2.45, 2.75) is 18.0 Å². The van der Waals surface area contributed by atoms with E-state index in [0.717, 1.165) is 23.2 Å². The van der Waals surface area contributed by atoms with Crippen LogP contribution in [-0.2, 0) is 23.1 Å². The zero-order valence-electron chi connectivity index (χ0n) is 16.6. The van der Waals surface area contributed by atoms with Crippen LogP contribution in [0.25, 0.3) is 11.1 Å². The SMILES string of the molecule is O=S1(=O)NC(=NCc2ccccc2-c2ccc(Cn3ccnc3)cc2)c2ccccc21. The highest BCUT2D eigenvalue weighted by molar-refractivity contribution is 7.90. The van der Waals surface area contributed by atoms with E-state index in [1.54, 1.807) is 30.7 Å². The number of sulfonamides is 1. The van der Waals surface area contributed by atoms with Gasteiger partial charge in [0.1, 0.15) is 5.84 Å². The van der Waals surface area contributed by atoms with E-state index >= 15 is 0 Å². The molecule has 0 aliphatic carbocycles. The van der Waals surface area contributed by atoms with Gasteiger partial charge in [-0.2, -0.15) is 0 Å². The van der Waals surface area contributed by atoms with Crippen LogP contribution >= 0.6 is 0 Å². The highest BCUT2D eigenvalue weighted by Gasteiger charge is 2.30. The number of rotatable bonds is 5. The Hall–Kier alpha value is -3.71. The molecule has 6 nitrogen and oxygen atoms in total. The molecule has 0 amide bonds. The maximum Gasteiger partial charge on any atom is 0.263 e. The number of hydrogen-bond acceptors (Lipinski definition) is 4. The van der Waals surface area contributed by atoms with Crippen molar-refractivity contribution in [3.05, 3.63) is 108 Å². The third-order valence-electron chi connectivity index (χ3n) is 5.28. The molecule has 31 heavy (non-hydrogen) atoms. The Morgan fingerprint density at radius 3 is 2.42 bits per heavy atom. The largest absolute Gasteiger partial charge is 0.333 e. The molecular weight excluding hydrogens is 408 g/mol. The second-order valence-corrected chi connectivity index (χ2v) is 9.01. The van der Waals surface area contributed by atoms with Crippen LogP contribution in [0.1, 0.15) is 16.7 Å². The lowest BCUT2D eigenvalue weighted by molar-refractivity contribution is 0.595. The van der Waals surface area contributed by atoms with Gasteiger partial charge in [0.05, 0.1) is 17.8 Å². The van der Waals surface area contributed by atoms with E-state index in [9.17, 15) is 8.42 Å². The van der Waals surface area contributed by atoms with E-state index in [2.05, 4.69) is 45.0 Å². The van der Waals surface area contributed by atoms with Crippen LogP contribution in [0.2, 0.25) is 0 Å². The van der Waals surface area contributed by atoms with E-state index in [0.29, 0.717) is 17.9 Å². The molecule has 0 unspecified atom stereocenters. The minimum Gasteiger partial charge on any atom is -0.333 e. The molecule has 5 rings (SSSR count). The molecule has 7 heteroatoms. The minimum atomic E-state index is -3.54. The molecule has 4 aromatic rings. The maximum atomic E-state index is 12.3. The first-order chi connectivity index (χ1) is 15.1. The zero-order chi connectivity index (χ0) is 21.3. The van der Waals surface area contributed by atoms with E-state index in [1.165, 1.54) is 5.56 Å². The van der Waals surface area contributed by atoms with Gasteiger partial charge in [-0.25, -0.2) is 13.4 Å². The lowest BCUT2D eigenvalue weighted by Crippen LogP contribution is -2.22. The molecule has 2 heterocycles. The lowest BCUT2D eigenvalue weighted by Gasteiger charge is -2.10. The van der Waals surface area contributed by atoms with Crippen molar-refractivity contribution in [2.24, 2.45) is 4.99 Å². The van der Waals surface area contributed by atoms with E-state index in [1.807, 2.05) is 35.0 Å². The summed E-state index contributed by atoms with van der Waals surface area (Å²) >= 11 is 0. The van der Waals surface area contributed by atoms with Gasteiger partial charge in [-0.15, -0.1) is 0 Å². The van der Waals surface area contributed by atoms with Gasteiger partial charge in [-0.1, -0.05) is 60.7 Å². The normalized spacial score (nSPS) is 15.5. The van der Waals surface area contributed by atoms with Crippen LogP contribution in [0.5, 0.6) is 0 Å². The van der Waals surface area contributed by atoms with Crippen LogP contribution in [-0.4, -0.2) is 23.8 Å². The lowest BCUT2D eigenvalue weighted by atomic mass is 9.98. The molecular formula is C24H20N4O2S. The third-order valence-corrected chi connectivity index (χ3v) is 6.67. The molecule has 0 radical (unpaired) electrons. The van der Waals surface area contributed by atoms with Gasteiger partial charge in [0, 0.05) is 24.5 Å². The molecule has 0 spiro atoms. The van der Waals surface area contributed by atoms with Crippen molar-refractivity contribution in [1.82, 2.24) is 14.3 Å². The summed E-state index contributed by atoms with van der Waals surface area (Å²) in [6, 6.07) is 23.4. The highest BCUT2D eigenvalue weighted by atomic mass is 32.2. The summed E-state index contributed by atoms with van der Waals surface area (Å²) in [7, 11) is -3.54. The Balaban J connectivity index is 1.41. The molecule has 0 atom stereocenters. The number of aromatic nitrogens is 2. The van der Waals surface area contributed by atoms with Crippen LogP contribution in [0.3, 0.4) is 0 Å². The Morgan fingerprint density at radius 1 is 0.903 bits per heavy atom. The van der Waals surface area contributed by atoms with E-state index in [-0.39, 0.29) is 4.90 Å². The fraction of sp³-hybridized carbons (Fsp3) is 0.0833. The van der Waals surface area contributed by atoms with Crippen molar-refractivity contribution in [3.8, 4) is 11.1 Å². The van der Waals surface area contributed by atoms with Gasteiger partial charge in [0.25, 0.3) is 10.0 Å². The van der Waals surface area contributed by atoms with Gasteiger partial charge in [0.2, 0.25) is 0 Å². The Morgan fingerprint density at radius 2 is 1.65 bits per heavy atom. The molecule has 1 aliphatic rings. The molecule has 0 fully saturated rings. The van der Waals surface area contributed by atoms with Crippen LogP contribution < -0.4 is 4.72 Å². The fourth-order valence-electron chi connectivity index (χ4n) is 3.74. The van der Waals surface area contributed by atoms with Crippen molar-refractivity contribution in [2.75, 3.05) is 0 Å². The second kappa shape index (κ2) is 7.85. The summed E-state index contributed by atoms with van der Waals surface area (Å²) < 4.78 is 29.2. The summed E-state index contributed by atoms with van der Waals surface area (Å²) in [5.41, 5.74) is 5.01. The van der Waals surface area contributed by atoms with Crippen molar-refractivity contribution >= 4 is 15.9 Å². The predicted octanol–water partition coefficient (Wildman–Crippen LogP) is 3.84. The van der Waals surface area contributed by atoms with E-state index in [4.69, 9.17) is 0 Å². The highest BCUT2D eigenvalue weighted by Crippen LogP contribution is 2.26. The van der Waals surface area contributed by atoms with Crippen LogP contribution in [0.4, 0.5) is 0 Å². The zero-order valence-corrected chi connectivity index (χ0v) is 17.5. The average molecular weight is 429 g/mol. The number of aliphatic imine (C=N–C) groups is 1. The molecule has 1 N–H and O–H groups in total. The molecule has 1 aromatic heterocycles. The molecule has 3 aromatic carbocycles. The van der Waals surface area contributed by atoms with Crippen LogP contribution in [0.15, 0.2) is 101 Å². The first-order valence-corrected chi connectivity index (χ1v) is 11.4. The molecule has 1 aliphatic heterocycles. The summed E-state index contributed by atoms with van der Waals surface area (Å²) in [5.74, 6) is 0.390. The smallest absolute Gasteiger partial charge is 0.263 e. The summed E-state index contributed by atoms with van der Waals surface area (Å²) in [5, 5.41) is 0. The van der Waals surface area contributed by atoms with Gasteiger partial charge in [0.15, 0.2) is 0 Å². The van der Waals surface area contributed by atoms with Crippen molar-refractivity contribution in [3.63, 3.8) is 0 Å². The summed E-state index contributed by atoms with van der Waals surface area (Å²) in [6.45, 7) is 1.15. The Labute approximate surface area is 181 Å². The first kappa shape index (κ1) is 19.3. The maximum absolute atomic E-state index is 12.3. The van der Waals surface area contributed by atoms with Gasteiger partial charge >= 0.3 is 0 Å². The number of nitrogens with zero attached hydrogens (tertiary/aromatic N) is 3. The van der Waals surface area contributed by atoms with Crippen LogP contribution in [0, 0.1) is 0 Å². The average Bonchev–Trinajstić information content (AvgIpc) is 3.39. The van der Waals surface area contributed by atoms with E-state index < -0.39 is 10.0 Å². The Bertz CT molecular complexity index is 1360. The number of benzene rings is 3.